The van der Waals surface area contributed by atoms with Gasteiger partial charge in [-0.25, -0.2) is 9.18 Å². The molecule has 1 aromatic carbocycles. The van der Waals surface area contributed by atoms with Crippen molar-refractivity contribution in [1.82, 2.24) is 0 Å². The number of esters is 1. The van der Waals surface area contributed by atoms with E-state index in [9.17, 15) is 14.0 Å². The maximum atomic E-state index is 13.0. The number of benzene rings is 1. The van der Waals surface area contributed by atoms with Crippen LogP contribution in [0.4, 0.5) is 4.39 Å². The van der Waals surface area contributed by atoms with E-state index in [1.807, 2.05) is 0 Å². The molecular weight excluding hydrogens is 203 g/mol. The first-order valence-corrected chi connectivity index (χ1v) is 4.13. The summed E-state index contributed by atoms with van der Waals surface area (Å²) in [6.07, 6.45) is 0. The molecule has 1 rings (SSSR count). The van der Waals surface area contributed by atoms with E-state index in [1.54, 1.807) is 0 Å². The lowest BCUT2D eigenvalue weighted by Gasteiger charge is -2.08. The summed E-state index contributed by atoms with van der Waals surface area (Å²) in [5.74, 6) is -2.71. The smallest absolute Gasteiger partial charge is 0.336 e. The fourth-order valence-electron chi connectivity index (χ4n) is 1.14. The van der Waals surface area contributed by atoms with E-state index in [-0.39, 0.29) is 16.9 Å². The lowest BCUT2D eigenvalue weighted by molar-refractivity contribution is -0.131. The highest BCUT2D eigenvalue weighted by molar-refractivity contribution is 5.90. The lowest BCUT2D eigenvalue weighted by Crippen LogP contribution is -2.07. The fourth-order valence-corrected chi connectivity index (χ4v) is 1.14. The van der Waals surface area contributed by atoms with Crippen LogP contribution in [0.2, 0.25) is 0 Å². The molecule has 0 atom stereocenters. The van der Waals surface area contributed by atoms with Crippen LogP contribution in [-0.2, 0) is 4.79 Å². The van der Waals surface area contributed by atoms with Crippen molar-refractivity contribution in [3.8, 4) is 5.75 Å². The quantitative estimate of drug-likeness (QED) is 0.599. The van der Waals surface area contributed by atoms with Crippen LogP contribution in [0.1, 0.15) is 22.8 Å². The molecule has 0 bridgehead atoms. The summed E-state index contributed by atoms with van der Waals surface area (Å²) in [6.45, 7) is 2.60. The van der Waals surface area contributed by atoms with Crippen molar-refractivity contribution >= 4 is 11.9 Å². The van der Waals surface area contributed by atoms with Crippen molar-refractivity contribution in [2.24, 2.45) is 0 Å². The third-order valence-corrected chi connectivity index (χ3v) is 1.81. The molecule has 4 nitrogen and oxygen atoms in total. The molecule has 0 aliphatic heterocycles. The maximum Gasteiger partial charge on any atom is 0.336 e. The number of aromatic carboxylic acids is 1. The van der Waals surface area contributed by atoms with Gasteiger partial charge in [0, 0.05) is 18.6 Å². The lowest BCUT2D eigenvalue weighted by atomic mass is 10.1. The number of ether oxygens (including phenoxy) is 1. The van der Waals surface area contributed by atoms with E-state index in [4.69, 9.17) is 5.11 Å². The highest BCUT2D eigenvalue weighted by atomic mass is 19.1. The summed E-state index contributed by atoms with van der Waals surface area (Å²) >= 11 is 0. The molecular formula is C10H9FO4. The van der Waals surface area contributed by atoms with E-state index >= 15 is 0 Å². The van der Waals surface area contributed by atoms with Gasteiger partial charge in [0.25, 0.3) is 0 Å². The summed E-state index contributed by atoms with van der Waals surface area (Å²) < 4.78 is 17.6. The number of carbonyl (C=O) groups excluding carboxylic acids is 1. The monoisotopic (exact) mass is 212 g/mol. The molecule has 1 aromatic rings. The summed E-state index contributed by atoms with van der Waals surface area (Å²) in [5, 5.41) is 8.74. The van der Waals surface area contributed by atoms with Gasteiger partial charge in [-0.2, -0.15) is 0 Å². The molecule has 0 heterocycles. The first-order valence-electron chi connectivity index (χ1n) is 4.13. The molecule has 0 radical (unpaired) electrons. The van der Waals surface area contributed by atoms with Crippen molar-refractivity contribution in [2.45, 2.75) is 13.8 Å². The van der Waals surface area contributed by atoms with E-state index in [2.05, 4.69) is 4.74 Å². The van der Waals surface area contributed by atoms with E-state index in [0.29, 0.717) is 0 Å². The molecule has 0 aromatic heterocycles. The Labute approximate surface area is 85.3 Å². The third-order valence-electron chi connectivity index (χ3n) is 1.81. The third kappa shape index (κ3) is 2.52. The standard InChI is InChI=1S/C10H9FO4/c1-5-8(10(13)14)3-7(11)4-9(5)15-6(2)12/h3-4H,1-2H3,(H,13,14). The Morgan fingerprint density at radius 1 is 1.40 bits per heavy atom. The predicted octanol–water partition coefficient (Wildman–Crippen LogP) is 1.76. The predicted molar refractivity (Wildman–Crippen MR) is 49.4 cm³/mol. The Morgan fingerprint density at radius 2 is 2.00 bits per heavy atom. The van der Waals surface area contributed by atoms with Crippen LogP contribution < -0.4 is 4.74 Å². The SMILES string of the molecule is CC(=O)Oc1cc(F)cc(C(=O)O)c1C. The van der Waals surface area contributed by atoms with Crippen molar-refractivity contribution in [1.29, 1.82) is 0 Å². The number of carbonyl (C=O) groups is 2. The average molecular weight is 212 g/mol. The zero-order valence-corrected chi connectivity index (χ0v) is 8.20. The van der Waals surface area contributed by atoms with Gasteiger partial charge in [-0.05, 0) is 13.0 Å². The normalized spacial score (nSPS) is 9.80. The molecule has 15 heavy (non-hydrogen) atoms. The van der Waals surface area contributed by atoms with Gasteiger partial charge in [0.2, 0.25) is 0 Å². The molecule has 0 saturated carbocycles. The number of carboxylic acid groups (broad SMARTS) is 1. The van der Waals surface area contributed by atoms with Gasteiger partial charge in [0.05, 0.1) is 5.56 Å². The van der Waals surface area contributed by atoms with Gasteiger partial charge in [-0.1, -0.05) is 0 Å². The van der Waals surface area contributed by atoms with Gasteiger partial charge in [-0.15, -0.1) is 0 Å². The number of halogens is 1. The van der Waals surface area contributed by atoms with Crippen LogP contribution in [0.25, 0.3) is 0 Å². The van der Waals surface area contributed by atoms with Crippen LogP contribution in [0, 0.1) is 12.7 Å². The Bertz CT molecular complexity index is 426. The Balaban J connectivity index is 3.28. The summed E-state index contributed by atoms with van der Waals surface area (Å²) in [7, 11) is 0. The van der Waals surface area contributed by atoms with E-state index < -0.39 is 17.8 Å². The molecule has 0 amide bonds. The first kappa shape index (κ1) is 11.2. The zero-order valence-electron chi connectivity index (χ0n) is 8.20. The Hall–Kier alpha value is -1.91. The van der Waals surface area contributed by atoms with Crippen LogP contribution in [0.3, 0.4) is 0 Å². The topological polar surface area (TPSA) is 63.6 Å². The maximum absolute atomic E-state index is 13.0. The number of hydrogen-bond donors (Lipinski definition) is 1. The molecule has 0 unspecified atom stereocenters. The highest BCUT2D eigenvalue weighted by Gasteiger charge is 2.14. The second-order valence-corrected chi connectivity index (χ2v) is 2.98. The van der Waals surface area contributed by atoms with Crippen molar-refractivity contribution < 1.29 is 23.8 Å². The number of carboxylic acids is 1. The minimum Gasteiger partial charge on any atom is -0.478 e. The first-order chi connectivity index (χ1) is 6.91. The van der Waals surface area contributed by atoms with Crippen molar-refractivity contribution in [3.05, 3.63) is 29.1 Å². The van der Waals surface area contributed by atoms with Gasteiger partial charge in [-0.3, -0.25) is 4.79 Å². The summed E-state index contributed by atoms with van der Waals surface area (Å²) in [6, 6.07) is 1.85. The van der Waals surface area contributed by atoms with Crippen LogP contribution in [0.15, 0.2) is 12.1 Å². The van der Waals surface area contributed by atoms with E-state index in [0.717, 1.165) is 19.1 Å². The number of hydrogen-bond acceptors (Lipinski definition) is 3. The second-order valence-electron chi connectivity index (χ2n) is 2.98. The minimum atomic E-state index is -1.26. The highest BCUT2D eigenvalue weighted by Crippen LogP contribution is 2.23. The minimum absolute atomic E-state index is 0.0695. The van der Waals surface area contributed by atoms with E-state index in [1.165, 1.54) is 6.92 Å². The average Bonchev–Trinajstić information content (AvgIpc) is 2.09. The molecule has 0 aliphatic rings. The van der Waals surface area contributed by atoms with Gasteiger partial charge in [0.15, 0.2) is 0 Å². The molecule has 0 fully saturated rings. The van der Waals surface area contributed by atoms with Crippen LogP contribution >= 0.6 is 0 Å². The van der Waals surface area contributed by atoms with Gasteiger partial charge < -0.3 is 9.84 Å². The largest absolute Gasteiger partial charge is 0.478 e. The summed E-state index contributed by atoms with van der Waals surface area (Å²) in [4.78, 5) is 21.4. The molecule has 0 aliphatic carbocycles. The fraction of sp³-hybridized carbons (Fsp3) is 0.200. The van der Waals surface area contributed by atoms with Gasteiger partial charge in [0.1, 0.15) is 11.6 Å². The molecule has 5 heteroatoms. The van der Waals surface area contributed by atoms with Crippen LogP contribution in [0.5, 0.6) is 5.75 Å². The molecule has 0 spiro atoms. The number of rotatable bonds is 2. The van der Waals surface area contributed by atoms with Crippen LogP contribution in [-0.4, -0.2) is 17.0 Å². The second kappa shape index (κ2) is 4.08. The Kier molecular flexibility index (Phi) is 3.04. The zero-order chi connectivity index (χ0) is 11.6. The molecule has 0 saturated heterocycles. The van der Waals surface area contributed by atoms with Crippen molar-refractivity contribution in [2.75, 3.05) is 0 Å². The molecule has 1 N–H and O–H groups in total. The Morgan fingerprint density at radius 3 is 2.47 bits per heavy atom. The van der Waals surface area contributed by atoms with Gasteiger partial charge >= 0.3 is 11.9 Å². The molecule has 80 valence electrons. The summed E-state index contributed by atoms with van der Waals surface area (Å²) in [5.41, 5.74) is 0.00495. The van der Waals surface area contributed by atoms with Crippen molar-refractivity contribution in [3.63, 3.8) is 0 Å².